The molecule has 1 aliphatic carbocycles. The predicted octanol–water partition coefficient (Wildman–Crippen LogP) is 5.37. The van der Waals surface area contributed by atoms with E-state index in [4.69, 9.17) is 4.74 Å². The average molecular weight is 398 g/mol. The van der Waals surface area contributed by atoms with Crippen molar-refractivity contribution in [1.29, 1.82) is 0 Å². The number of ketones is 1. The van der Waals surface area contributed by atoms with Gasteiger partial charge in [0.15, 0.2) is 5.78 Å². The monoisotopic (exact) mass is 397 g/mol. The Bertz CT molecular complexity index is 1050. The van der Waals surface area contributed by atoms with E-state index in [9.17, 15) is 4.79 Å². The van der Waals surface area contributed by atoms with Gasteiger partial charge in [-0.1, -0.05) is 54.6 Å². The molecule has 0 atom stereocenters. The standard InChI is InChI=1S/C27H27NO2/c1-28(2)18-19-30-23-15-12-22(13-16-23)27(29)26-24-11-7-6-10-21(24)14-17-25(26)20-8-4-3-5-9-20/h3-13,15-16H,14,17-19H2,1-2H3. The zero-order valence-electron chi connectivity index (χ0n) is 17.6. The minimum Gasteiger partial charge on any atom is -0.492 e. The third-order valence-electron chi connectivity index (χ3n) is 5.51. The molecular formula is C27H27NO2. The topological polar surface area (TPSA) is 29.5 Å². The number of benzene rings is 3. The summed E-state index contributed by atoms with van der Waals surface area (Å²) in [7, 11) is 4.04. The van der Waals surface area contributed by atoms with Gasteiger partial charge in [0, 0.05) is 17.7 Å². The van der Waals surface area contributed by atoms with Crippen molar-refractivity contribution in [3.63, 3.8) is 0 Å². The molecule has 1 aliphatic rings. The summed E-state index contributed by atoms with van der Waals surface area (Å²) in [5.41, 5.74) is 6.06. The lowest BCUT2D eigenvalue weighted by molar-refractivity contribution is 0.105. The van der Waals surface area contributed by atoms with Gasteiger partial charge in [-0.15, -0.1) is 0 Å². The van der Waals surface area contributed by atoms with Gasteiger partial charge in [-0.2, -0.15) is 0 Å². The van der Waals surface area contributed by atoms with Crippen LogP contribution in [0.1, 0.15) is 33.5 Å². The van der Waals surface area contributed by atoms with Crippen LogP contribution in [0.3, 0.4) is 0 Å². The zero-order chi connectivity index (χ0) is 20.9. The van der Waals surface area contributed by atoms with E-state index in [-0.39, 0.29) is 5.78 Å². The Hall–Kier alpha value is -3.17. The molecule has 0 spiro atoms. The molecule has 4 rings (SSSR count). The molecule has 0 aliphatic heterocycles. The van der Waals surface area contributed by atoms with E-state index in [1.54, 1.807) is 0 Å². The first kappa shape index (κ1) is 20.1. The van der Waals surface area contributed by atoms with Gasteiger partial charge < -0.3 is 9.64 Å². The molecule has 0 fully saturated rings. The number of likely N-dealkylation sites (N-methyl/N-ethyl adjacent to an activating group) is 1. The van der Waals surface area contributed by atoms with Crippen LogP contribution in [-0.4, -0.2) is 37.9 Å². The first-order chi connectivity index (χ1) is 14.6. The molecule has 0 bridgehead atoms. The van der Waals surface area contributed by atoms with E-state index in [0.29, 0.717) is 12.2 Å². The number of Topliss-reactive ketones (excluding diaryl/α,β-unsaturated/α-hetero) is 1. The molecule has 0 aromatic heterocycles. The number of carbonyl (C=O) groups is 1. The molecule has 0 saturated heterocycles. The number of ether oxygens (including phenoxy) is 1. The van der Waals surface area contributed by atoms with Gasteiger partial charge in [0.25, 0.3) is 0 Å². The second kappa shape index (κ2) is 9.10. The van der Waals surface area contributed by atoms with E-state index in [2.05, 4.69) is 29.2 Å². The molecule has 3 aromatic rings. The second-order valence-electron chi connectivity index (χ2n) is 7.88. The Balaban J connectivity index is 1.68. The normalized spacial score (nSPS) is 13.3. The molecule has 30 heavy (non-hydrogen) atoms. The Morgan fingerprint density at radius 3 is 2.30 bits per heavy atom. The maximum absolute atomic E-state index is 13.7. The van der Waals surface area contributed by atoms with Crippen molar-refractivity contribution in [2.24, 2.45) is 0 Å². The Labute approximate surface area is 178 Å². The number of hydrogen-bond donors (Lipinski definition) is 0. The Morgan fingerprint density at radius 1 is 0.867 bits per heavy atom. The first-order valence-corrected chi connectivity index (χ1v) is 10.4. The Morgan fingerprint density at radius 2 is 1.57 bits per heavy atom. The highest BCUT2D eigenvalue weighted by Gasteiger charge is 2.25. The number of fused-ring (bicyclic) bond motifs is 1. The van der Waals surface area contributed by atoms with Crippen molar-refractivity contribution in [3.8, 4) is 5.75 Å². The second-order valence-corrected chi connectivity index (χ2v) is 7.88. The largest absolute Gasteiger partial charge is 0.492 e. The van der Waals surface area contributed by atoms with Crippen molar-refractivity contribution in [1.82, 2.24) is 4.90 Å². The number of allylic oxidation sites excluding steroid dienone is 2. The summed E-state index contributed by atoms with van der Waals surface area (Å²) >= 11 is 0. The number of hydrogen-bond acceptors (Lipinski definition) is 3. The van der Waals surface area contributed by atoms with Crippen LogP contribution >= 0.6 is 0 Å². The molecule has 0 saturated carbocycles. The average Bonchev–Trinajstić information content (AvgIpc) is 2.78. The molecule has 3 nitrogen and oxygen atoms in total. The summed E-state index contributed by atoms with van der Waals surface area (Å²) in [4.78, 5) is 15.7. The smallest absolute Gasteiger partial charge is 0.193 e. The van der Waals surface area contributed by atoms with Crippen LogP contribution in [0.15, 0.2) is 78.9 Å². The van der Waals surface area contributed by atoms with Crippen molar-refractivity contribution >= 4 is 16.9 Å². The molecule has 0 radical (unpaired) electrons. The molecular weight excluding hydrogens is 370 g/mol. The highest BCUT2D eigenvalue weighted by Crippen LogP contribution is 2.38. The maximum atomic E-state index is 13.7. The van der Waals surface area contributed by atoms with Crippen LogP contribution in [0.5, 0.6) is 5.75 Å². The fourth-order valence-corrected chi connectivity index (χ4v) is 3.91. The lowest BCUT2D eigenvalue weighted by Crippen LogP contribution is -2.19. The number of rotatable bonds is 7. The van der Waals surface area contributed by atoms with E-state index < -0.39 is 0 Å². The van der Waals surface area contributed by atoms with Crippen molar-refractivity contribution in [3.05, 3.63) is 101 Å². The van der Waals surface area contributed by atoms with Gasteiger partial charge in [0.2, 0.25) is 0 Å². The molecule has 0 heterocycles. The summed E-state index contributed by atoms with van der Waals surface area (Å²) < 4.78 is 5.78. The molecule has 152 valence electrons. The fraction of sp³-hybridized carbons (Fsp3) is 0.222. The minimum absolute atomic E-state index is 0.0702. The quantitative estimate of drug-likeness (QED) is 0.502. The molecule has 3 aromatic carbocycles. The third-order valence-corrected chi connectivity index (χ3v) is 5.51. The van der Waals surface area contributed by atoms with E-state index in [0.717, 1.165) is 47.4 Å². The van der Waals surface area contributed by atoms with Gasteiger partial charge in [0.1, 0.15) is 12.4 Å². The summed E-state index contributed by atoms with van der Waals surface area (Å²) in [6, 6.07) is 26.1. The van der Waals surface area contributed by atoms with Gasteiger partial charge in [0.05, 0.1) is 0 Å². The van der Waals surface area contributed by atoms with Gasteiger partial charge >= 0.3 is 0 Å². The lowest BCUT2D eigenvalue weighted by Gasteiger charge is -2.23. The van der Waals surface area contributed by atoms with Crippen LogP contribution in [-0.2, 0) is 6.42 Å². The van der Waals surface area contributed by atoms with Crippen molar-refractivity contribution in [2.75, 3.05) is 27.2 Å². The molecule has 0 N–H and O–H groups in total. The van der Waals surface area contributed by atoms with Crippen LogP contribution < -0.4 is 4.74 Å². The highest BCUT2D eigenvalue weighted by molar-refractivity contribution is 6.35. The van der Waals surface area contributed by atoms with Gasteiger partial charge in [-0.25, -0.2) is 0 Å². The SMILES string of the molecule is CN(C)CCOc1ccc(C(=O)C2=C(c3ccccc3)CCc3ccccc32)cc1. The van der Waals surface area contributed by atoms with Gasteiger partial charge in [-0.3, -0.25) is 4.79 Å². The van der Waals surface area contributed by atoms with Crippen LogP contribution in [0.25, 0.3) is 11.1 Å². The first-order valence-electron chi connectivity index (χ1n) is 10.4. The van der Waals surface area contributed by atoms with E-state index in [1.807, 2.05) is 68.7 Å². The Kier molecular flexibility index (Phi) is 6.10. The van der Waals surface area contributed by atoms with E-state index in [1.165, 1.54) is 5.56 Å². The lowest BCUT2D eigenvalue weighted by atomic mass is 9.80. The fourth-order valence-electron chi connectivity index (χ4n) is 3.91. The number of carbonyl (C=O) groups excluding carboxylic acids is 1. The summed E-state index contributed by atoms with van der Waals surface area (Å²) in [5, 5.41) is 0. The zero-order valence-corrected chi connectivity index (χ0v) is 17.6. The molecule has 3 heteroatoms. The van der Waals surface area contributed by atoms with Crippen LogP contribution in [0, 0.1) is 0 Å². The summed E-state index contributed by atoms with van der Waals surface area (Å²) in [6.07, 6.45) is 1.82. The molecule has 0 unspecified atom stereocenters. The number of nitrogens with zero attached hydrogens (tertiary/aromatic N) is 1. The summed E-state index contributed by atoms with van der Waals surface area (Å²) in [6.45, 7) is 1.47. The minimum atomic E-state index is 0.0702. The molecule has 0 amide bonds. The maximum Gasteiger partial charge on any atom is 0.193 e. The van der Waals surface area contributed by atoms with Crippen LogP contribution in [0.2, 0.25) is 0 Å². The number of aryl methyl sites for hydroxylation is 1. The third kappa shape index (κ3) is 4.37. The van der Waals surface area contributed by atoms with Crippen LogP contribution in [0.4, 0.5) is 0 Å². The van der Waals surface area contributed by atoms with Crippen molar-refractivity contribution < 1.29 is 9.53 Å². The predicted molar refractivity (Wildman–Crippen MR) is 123 cm³/mol. The van der Waals surface area contributed by atoms with Crippen molar-refractivity contribution in [2.45, 2.75) is 12.8 Å². The van der Waals surface area contributed by atoms with Gasteiger partial charge in [-0.05, 0) is 73.5 Å². The summed E-state index contributed by atoms with van der Waals surface area (Å²) in [5.74, 6) is 0.857. The highest BCUT2D eigenvalue weighted by atomic mass is 16.5. The van der Waals surface area contributed by atoms with E-state index >= 15 is 0 Å².